The first-order valence-electron chi connectivity index (χ1n) is 9.89. The van der Waals surface area contributed by atoms with Crippen LogP contribution in [-0.2, 0) is 12.8 Å². The topological polar surface area (TPSA) is 45.5 Å². The number of fused-ring (bicyclic) bond motifs is 3. The molecule has 1 saturated heterocycles. The van der Waals surface area contributed by atoms with Crippen LogP contribution in [0.3, 0.4) is 0 Å². The largest absolute Gasteiger partial charge is 0.360 e. The number of likely N-dealkylation sites (N-methyl/N-ethyl adjacent to an activating group) is 1. The van der Waals surface area contributed by atoms with Crippen LogP contribution < -0.4 is 15.1 Å². The van der Waals surface area contributed by atoms with Crippen molar-refractivity contribution in [3.05, 3.63) is 40.5 Å². The Morgan fingerprint density at radius 2 is 1.85 bits per heavy atom. The van der Waals surface area contributed by atoms with Gasteiger partial charge < -0.3 is 15.1 Å². The highest BCUT2D eigenvalue weighted by Crippen LogP contribution is 2.40. The van der Waals surface area contributed by atoms with Crippen LogP contribution >= 0.6 is 11.3 Å². The van der Waals surface area contributed by atoms with E-state index < -0.39 is 0 Å². The molecule has 3 heterocycles. The van der Waals surface area contributed by atoms with Gasteiger partial charge in [-0.05, 0) is 56.0 Å². The molecule has 0 saturated carbocycles. The lowest BCUT2D eigenvalue weighted by molar-refractivity contribution is -0.880. The second kappa shape index (κ2) is 6.77. The second-order valence-corrected chi connectivity index (χ2v) is 8.86. The van der Waals surface area contributed by atoms with E-state index in [2.05, 4.69) is 46.5 Å². The molecule has 5 nitrogen and oxygen atoms in total. The Labute approximate surface area is 164 Å². The Balaban J connectivity index is 1.42. The van der Waals surface area contributed by atoms with E-state index in [1.165, 1.54) is 47.4 Å². The maximum Gasteiger partial charge on any atom is 0.143 e. The van der Waals surface area contributed by atoms with Gasteiger partial charge in [0.05, 0.1) is 38.6 Å². The normalized spacial score (nSPS) is 17.5. The fraction of sp³-hybridized carbons (Fsp3) is 0.429. The number of nitrogens with zero attached hydrogens (tertiary/aromatic N) is 3. The molecular weight excluding hydrogens is 354 g/mol. The molecule has 6 heteroatoms. The van der Waals surface area contributed by atoms with Gasteiger partial charge in [0.1, 0.15) is 16.5 Å². The molecule has 27 heavy (non-hydrogen) atoms. The van der Waals surface area contributed by atoms with Crippen molar-refractivity contribution >= 4 is 38.7 Å². The van der Waals surface area contributed by atoms with Gasteiger partial charge in [0.25, 0.3) is 0 Å². The summed E-state index contributed by atoms with van der Waals surface area (Å²) in [5.74, 6) is 1.80. The monoisotopic (exact) mass is 380 g/mol. The minimum Gasteiger partial charge on any atom is -0.360 e. The van der Waals surface area contributed by atoms with Gasteiger partial charge in [0.15, 0.2) is 0 Å². The lowest BCUT2D eigenvalue weighted by Crippen LogP contribution is -3.12. The predicted octanol–water partition coefficient (Wildman–Crippen LogP) is 2.57. The number of hydrogen-bond acceptors (Lipinski definition) is 5. The quantitative estimate of drug-likeness (QED) is 0.733. The summed E-state index contributed by atoms with van der Waals surface area (Å²) in [6, 6.07) is 8.81. The van der Waals surface area contributed by atoms with Crippen LogP contribution in [0.5, 0.6) is 0 Å². The number of anilines is 3. The average Bonchev–Trinajstić information content (AvgIpc) is 3.23. The van der Waals surface area contributed by atoms with Crippen molar-refractivity contribution < 1.29 is 4.90 Å². The summed E-state index contributed by atoms with van der Waals surface area (Å²) < 4.78 is 0. The number of rotatable bonds is 3. The molecule has 1 aliphatic carbocycles. The van der Waals surface area contributed by atoms with Crippen LogP contribution in [-0.4, -0.2) is 43.2 Å². The average molecular weight is 381 g/mol. The van der Waals surface area contributed by atoms with Crippen LogP contribution in [0.4, 0.5) is 17.2 Å². The van der Waals surface area contributed by atoms with Gasteiger partial charge in [-0.3, -0.25) is 0 Å². The minimum absolute atomic E-state index is 0.835. The fourth-order valence-corrected chi connectivity index (χ4v) is 5.54. The number of hydrogen-bond donors (Lipinski definition) is 2. The molecule has 1 aromatic carbocycles. The highest BCUT2D eigenvalue weighted by atomic mass is 32.1. The first-order valence-corrected chi connectivity index (χ1v) is 10.7. The molecule has 1 aliphatic heterocycles. The summed E-state index contributed by atoms with van der Waals surface area (Å²) in [7, 11) is 2.27. The van der Waals surface area contributed by atoms with Gasteiger partial charge >= 0.3 is 0 Å². The lowest BCUT2D eigenvalue weighted by atomic mass is 10.2. The minimum atomic E-state index is 0.835. The second-order valence-electron chi connectivity index (χ2n) is 7.77. The van der Waals surface area contributed by atoms with Gasteiger partial charge in [0.2, 0.25) is 0 Å². The SMILES string of the molecule is Cc1nc(Nc2ccc(N3CC[NH+](C)CC3)cc2)c2c3c(sc2n1)CCC3. The standard InChI is InChI=1S/C21H25N5S/c1-14-22-20(19-17-4-3-5-18(17)27-21(19)23-14)24-15-6-8-16(9-7-15)26-12-10-25(2)11-13-26/h6-9H,3-5,10-13H2,1-2H3,(H,22,23,24)/p+1. The van der Waals surface area contributed by atoms with E-state index in [0.29, 0.717) is 0 Å². The number of thiophene rings is 1. The summed E-state index contributed by atoms with van der Waals surface area (Å²) in [5, 5.41) is 4.81. The van der Waals surface area contributed by atoms with E-state index in [1.54, 1.807) is 4.90 Å². The molecule has 0 radical (unpaired) electrons. The molecule has 0 unspecified atom stereocenters. The van der Waals surface area contributed by atoms with Crippen molar-refractivity contribution in [1.29, 1.82) is 0 Å². The van der Waals surface area contributed by atoms with E-state index in [1.807, 2.05) is 18.3 Å². The van der Waals surface area contributed by atoms with Gasteiger partial charge in [-0.25, -0.2) is 9.97 Å². The van der Waals surface area contributed by atoms with Crippen LogP contribution in [0, 0.1) is 6.92 Å². The molecule has 2 N–H and O–H groups in total. The van der Waals surface area contributed by atoms with Crippen molar-refractivity contribution in [3.63, 3.8) is 0 Å². The number of aromatic nitrogens is 2. The fourth-order valence-electron chi connectivity index (χ4n) is 4.23. The number of quaternary nitrogens is 1. The van der Waals surface area contributed by atoms with Gasteiger partial charge in [-0.15, -0.1) is 11.3 Å². The molecule has 2 aromatic heterocycles. The maximum absolute atomic E-state index is 4.74. The predicted molar refractivity (Wildman–Crippen MR) is 113 cm³/mol. The first-order chi connectivity index (χ1) is 13.2. The van der Waals surface area contributed by atoms with E-state index in [0.717, 1.165) is 41.7 Å². The van der Waals surface area contributed by atoms with Crippen molar-refractivity contribution in [2.24, 2.45) is 0 Å². The van der Waals surface area contributed by atoms with Crippen LogP contribution in [0.25, 0.3) is 10.2 Å². The molecular formula is C21H26N5S+. The molecule has 5 rings (SSSR count). The Bertz CT molecular complexity index is 970. The molecule has 1 fully saturated rings. The first kappa shape index (κ1) is 17.0. The summed E-state index contributed by atoms with van der Waals surface area (Å²) in [5.41, 5.74) is 3.87. The third-order valence-corrected chi connectivity index (χ3v) is 6.97. The third-order valence-electron chi connectivity index (χ3n) is 5.79. The van der Waals surface area contributed by atoms with Gasteiger partial charge in [-0.2, -0.15) is 0 Å². The van der Waals surface area contributed by atoms with Gasteiger partial charge in [0, 0.05) is 16.3 Å². The zero-order valence-electron chi connectivity index (χ0n) is 16.0. The number of nitrogens with one attached hydrogen (secondary N) is 2. The van der Waals surface area contributed by atoms with Crippen molar-refractivity contribution in [3.8, 4) is 0 Å². The van der Waals surface area contributed by atoms with Crippen molar-refractivity contribution in [2.75, 3.05) is 43.4 Å². The van der Waals surface area contributed by atoms with Crippen LogP contribution in [0.2, 0.25) is 0 Å². The molecule has 3 aromatic rings. The van der Waals surface area contributed by atoms with Crippen molar-refractivity contribution in [1.82, 2.24) is 9.97 Å². The maximum atomic E-state index is 4.74. The Morgan fingerprint density at radius 3 is 2.63 bits per heavy atom. The molecule has 0 atom stereocenters. The molecule has 0 spiro atoms. The molecule has 140 valence electrons. The summed E-state index contributed by atoms with van der Waals surface area (Å²) >= 11 is 1.85. The number of piperazine rings is 1. The summed E-state index contributed by atoms with van der Waals surface area (Å²) in [6.07, 6.45) is 3.60. The van der Waals surface area contributed by atoms with E-state index in [4.69, 9.17) is 4.98 Å². The molecule has 0 bridgehead atoms. The van der Waals surface area contributed by atoms with Crippen LogP contribution in [0.15, 0.2) is 24.3 Å². The van der Waals surface area contributed by atoms with E-state index in [9.17, 15) is 0 Å². The Hall–Kier alpha value is -2.18. The van der Waals surface area contributed by atoms with E-state index in [-0.39, 0.29) is 0 Å². The third kappa shape index (κ3) is 3.17. The smallest absolute Gasteiger partial charge is 0.143 e. The number of aryl methyl sites for hydroxylation is 3. The highest BCUT2D eigenvalue weighted by molar-refractivity contribution is 7.19. The summed E-state index contributed by atoms with van der Waals surface area (Å²) in [6.45, 7) is 6.66. The van der Waals surface area contributed by atoms with Crippen LogP contribution in [0.1, 0.15) is 22.7 Å². The zero-order chi connectivity index (χ0) is 18.4. The van der Waals surface area contributed by atoms with Gasteiger partial charge in [-0.1, -0.05) is 0 Å². The highest BCUT2D eigenvalue weighted by Gasteiger charge is 2.22. The Kier molecular flexibility index (Phi) is 4.25. The molecule has 2 aliphatic rings. The lowest BCUT2D eigenvalue weighted by Gasteiger charge is -2.31. The number of benzene rings is 1. The van der Waals surface area contributed by atoms with E-state index >= 15 is 0 Å². The Morgan fingerprint density at radius 1 is 1.07 bits per heavy atom. The van der Waals surface area contributed by atoms with Crippen molar-refractivity contribution in [2.45, 2.75) is 26.2 Å². The molecule has 0 amide bonds. The zero-order valence-corrected chi connectivity index (χ0v) is 16.8. The summed E-state index contributed by atoms with van der Waals surface area (Å²) in [4.78, 5) is 16.2.